The molecule has 3 aromatic carbocycles. The zero-order valence-electron chi connectivity index (χ0n) is 19.8. The number of hydrogen-bond acceptors (Lipinski definition) is 3. The van der Waals surface area contributed by atoms with Crippen LogP contribution in [0.1, 0.15) is 52.7 Å². The van der Waals surface area contributed by atoms with E-state index in [1.54, 1.807) is 6.33 Å². The van der Waals surface area contributed by atoms with Gasteiger partial charge in [0.15, 0.2) is 11.6 Å². The normalized spacial score (nSPS) is 12.1. The van der Waals surface area contributed by atoms with Crippen LogP contribution in [0.15, 0.2) is 79.1 Å². The minimum absolute atomic E-state index is 0.0919. The molecule has 0 aliphatic heterocycles. The summed E-state index contributed by atoms with van der Waals surface area (Å²) in [5.41, 5.74) is 7.31. The maximum absolute atomic E-state index is 4.69. The van der Waals surface area contributed by atoms with E-state index in [0.717, 1.165) is 11.1 Å². The van der Waals surface area contributed by atoms with Crippen molar-refractivity contribution in [1.82, 2.24) is 15.0 Å². The minimum atomic E-state index is 0.0919. The fraction of sp³-hybridized carbons (Fsp3) is 0.276. The Bertz CT molecular complexity index is 1180. The highest BCUT2D eigenvalue weighted by Crippen LogP contribution is 2.34. The number of aromatic nitrogens is 3. The third-order valence-corrected chi connectivity index (χ3v) is 5.75. The molecule has 4 aromatic rings. The summed E-state index contributed by atoms with van der Waals surface area (Å²) in [6.45, 7) is 13.6. The SMILES string of the molecule is CC(C)(C)c1cc(-c2ccc(-c3ncnc(-c4ccccc4)n3)cc2)cc(C(C)(C)C)c1. The van der Waals surface area contributed by atoms with Crippen LogP contribution >= 0.6 is 0 Å². The Morgan fingerprint density at radius 1 is 0.500 bits per heavy atom. The zero-order chi connectivity index (χ0) is 22.9. The van der Waals surface area contributed by atoms with Crippen LogP contribution < -0.4 is 0 Å². The van der Waals surface area contributed by atoms with E-state index in [-0.39, 0.29) is 10.8 Å². The van der Waals surface area contributed by atoms with Gasteiger partial charge in [0.2, 0.25) is 0 Å². The Balaban J connectivity index is 1.71. The Hall–Kier alpha value is -3.33. The van der Waals surface area contributed by atoms with Gasteiger partial charge >= 0.3 is 0 Å². The molecule has 0 saturated carbocycles. The van der Waals surface area contributed by atoms with Crippen LogP contribution in [0.25, 0.3) is 33.9 Å². The summed E-state index contributed by atoms with van der Waals surface area (Å²) >= 11 is 0. The molecule has 1 heterocycles. The Morgan fingerprint density at radius 3 is 1.47 bits per heavy atom. The molecule has 0 atom stereocenters. The van der Waals surface area contributed by atoms with Crippen LogP contribution in [-0.2, 0) is 10.8 Å². The van der Waals surface area contributed by atoms with Crippen LogP contribution in [0.2, 0.25) is 0 Å². The molecule has 32 heavy (non-hydrogen) atoms. The van der Waals surface area contributed by atoms with Gasteiger partial charge in [-0.2, -0.15) is 0 Å². The van der Waals surface area contributed by atoms with Crippen molar-refractivity contribution < 1.29 is 0 Å². The second-order valence-electron chi connectivity index (χ2n) is 10.4. The van der Waals surface area contributed by atoms with Gasteiger partial charge in [-0.15, -0.1) is 0 Å². The molecule has 0 fully saturated rings. The van der Waals surface area contributed by atoms with E-state index in [1.165, 1.54) is 22.3 Å². The first-order chi connectivity index (χ1) is 15.1. The molecule has 3 heteroatoms. The predicted octanol–water partition coefficient (Wildman–Crippen LogP) is 7.47. The van der Waals surface area contributed by atoms with Crippen molar-refractivity contribution in [2.45, 2.75) is 52.4 Å². The average Bonchev–Trinajstić information content (AvgIpc) is 2.78. The Kier molecular flexibility index (Phi) is 5.68. The molecule has 0 N–H and O–H groups in total. The summed E-state index contributed by atoms with van der Waals surface area (Å²) in [5.74, 6) is 1.37. The van der Waals surface area contributed by atoms with Crippen LogP contribution in [0.5, 0.6) is 0 Å². The summed E-state index contributed by atoms with van der Waals surface area (Å²) in [6.07, 6.45) is 1.58. The van der Waals surface area contributed by atoms with Crippen molar-refractivity contribution in [2.24, 2.45) is 0 Å². The van der Waals surface area contributed by atoms with Crippen LogP contribution in [0.3, 0.4) is 0 Å². The molecule has 0 bridgehead atoms. The molecule has 0 unspecified atom stereocenters. The van der Waals surface area contributed by atoms with Crippen molar-refractivity contribution in [1.29, 1.82) is 0 Å². The molecule has 162 valence electrons. The van der Waals surface area contributed by atoms with E-state index in [2.05, 4.69) is 99.0 Å². The molecular formula is C29H31N3. The van der Waals surface area contributed by atoms with Gasteiger partial charge < -0.3 is 0 Å². The molecule has 0 aliphatic carbocycles. The van der Waals surface area contributed by atoms with Gasteiger partial charge in [-0.1, -0.05) is 114 Å². The monoisotopic (exact) mass is 421 g/mol. The van der Waals surface area contributed by atoms with Crippen molar-refractivity contribution in [3.8, 4) is 33.9 Å². The summed E-state index contributed by atoms with van der Waals surface area (Å²) in [6, 6.07) is 25.5. The maximum Gasteiger partial charge on any atom is 0.163 e. The lowest BCUT2D eigenvalue weighted by Gasteiger charge is -2.26. The van der Waals surface area contributed by atoms with Gasteiger partial charge in [-0.05, 0) is 33.1 Å². The Morgan fingerprint density at radius 2 is 0.969 bits per heavy atom. The summed E-state index contributed by atoms with van der Waals surface area (Å²) in [4.78, 5) is 13.4. The molecule has 0 spiro atoms. The zero-order valence-corrected chi connectivity index (χ0v) is 19.8. The second kappa shape index (κ2) is 8.31. The first-order valence-corrected chi connectivity index (χ1v) is 11.1. The lowest BCUT2D eigenvalue weighted by atomic mass is 9.79. The Labute approximate surface area is 191 Å². The van der Waals surface area contributed by atoms with Gasteiger partial charge in [0.05, 0.1) is 0 Å². The lowest BCUT2D eigenvalue weighted by molar-refractivity contribution is 0.569. The van der Waals surface area contributed by atoms with E-state index in [4.69, 9.17) is 0 Å². The van der Waals surface area contributed by atoms with Crippen LogP contribution in [0.4, 0.5) is 0 Å². The molecule has 0 saturated heterocycles. The predicted molar refractivity (Wildman–Crippen MR) is 134 cm³/mol. The van der Waals surface area contributed by atoms with E-state index < -0.39 is 0 Å². The van der Waals surface area contributed by atoms with Crippen molar-refractivity contribution in [2.75, 3.05) is 0 Å². The van der Waals surface area contributed by atoms with Gasteiger partial charge in [-0.25, -0.2) is 15.0 Å². The van der Waals surface area contributed by atoms with E-state index in [0.29, 0.717) is 11.6 Å². The molecule has 1 aromatic heterocycles. The second-order valence-corrected chi connectivity index (χ2v) is 10.4. The fourth-order valence-electron chi connectivity index (χ4n) is 3.63. The summed E-state index contributed by atoms with van der Waals surface area (Å²) in [7, 11) is 0. The number of benzene rings is 3. The molecular weight excluding hydrogens is 390 g/mol. The number of hydrogen-bond donors (Lipinski definition) is 0. The first-order valence-electron chi connectivity index (χ1n) is 11.1. The molecule has 0 radical (unpaired) electrons. The smallest absolute Gasteiger partial charge is 0.163 e. The van der Waals surface area contributed by atoms with Gasteiger partial charge in [0.1, 0.15) is 6.33 Å². The average molecular weight is 422 g/mol. The third kappa shape index (κ3) is 4.77. The molecule has 3 nitrogen and oxygen atoms in total. The lowest BCUT2D eigenvalue weighted by Crippen LogP contribution is -2.16. The van der Waals surface area contributed by atoms with Crippen molar-refractivity contribution >= 4 is 0 Å². The van der Waals surface area contributed by atoms with E-state index >= 15 is 0 Å². The van der Waals surface area contributed by atoms with Crippen LogP contribution in [0, 0.1) is 0 Å². The highest BCUT2D eigenvalue weighted by atomic mass is 15.0. The van der Waals surface area contributed by atoms with Gasteiger partial charge in [0.25, 0.3) is 0 Å². The number of nitrogens with zero attached hydrogens (tertiary/aromatic N) is 3. The van der Waals surface area contributed by atoms with Gasteiger partial charge in [-0.3, -0.25) is 0 Å². The largest absolute Gasteiger partial charge is 0.217 e. The molecule has 0 amide bonds. The third-order valence-electron chi connectivity index (χ3n) is 5.75. The topological polar surface area (TPSA) is 38.7 Å². The summed E-state index contributed by atoms with van der Waals surface area (Å²) < 4.78 is 0. The maximum atomic E-state index is 4.69. The number of rotatable bonds is 3. The van der Waals surface area contributed by atoms with E-state index in [9.17, 15) is 0 Å². The molecule has 0 aliphatic rings. The summed E-state index contributed by atoms with van der Waals surface area (Å²) in [5, 5.41) is 0. The van der Waals surface area contributed by atoms with Crippen molar-refractivity contribution in [3.05, 3.63) is 90.3 Å². The highest BCUT2D eigenvalue weighted by molar-refractivity contribution is 5.70. The standard InChI is InChI=1S/C29H31N3/c1-28(2,3)24-16-23(17-25(18-24)29(4,5)6)20-12-14-22(15-13-20)27-31-19-30-26(32-27)21-10-8-7-9-11-21/h7-19H,1-6H3. The van der Waals surface area contributed by atoms with E-state index in [1.807, 2.05) is 30.3 Å². The van der Waals surface area contributed by atoms with Crippen LogP contribution in [-0.4, -0.2) is 15.0 Å². The fourth-order valence-corrected chi connectivity index (χ4v) is 3.63. The molecule has 4 rings (SSSR count). The highest BCUT2D eigenvalue weighted by Gasteiger charge is 2.21. The van der Waals surface area contributed by atoms with Gasteiger partial charge in [0, 0.05) is 11.1 Å². The minimum Gasteiger partial charge on any atom is -0.217 e. The first kappa shape index (κ1) is 21.9. The van der Waals surface area contributed by atoms with Crippen molar-refractivity contribution in [3.63, 3.8) is 0 Å². The quantitative estimate of drug-likeness (QED) is 0.344.